The minimum Gasteiger partial charge on any atom is -0.507 e. The maximum absolute atomic E-state index is 12.4. The van der Waals surface area contributed by atoms with E-state index in [9.17, 15) is 20.0 Å². The molecule has 0 spiro atoms. The topological polar surface area (TPSA) is 109 Å². The largest absolute Gasteiger partial charge is 0.507 e. The normalized spacial score (nSPS) is 11.8. The number of aliphatic hydroxyl groups is 1. The standard InChI is InChI=1S/C20H12ClN3O4/c21-12-8-15-19(17(9-12)24(27)28)23-20(26)16(22-15)10-18(25)14-7-3-5-11-4-1-2-6-13(11)14/h1-10,25H,(H,23,26)/b18-10-. The molecule has 3 aromatic carbocycles. The smallest absolute Gasteiger partial charge is 0.296 e. The highest BCUT2D eigenvalue weighted by Gasteiger charge is 2.17. The molecule has 0 saturated carbocycles. The average Bonchev–Trinajstić information content (AvgIpc) is 2.67. The Hall–Kier alpha value is -3.71. The van der Waals surface area contributed by atoms with Crippen molar-refractivity contribution in [3.8, 4) is 0 Å². The lowest BCUT2D eigenvalue weighted by Crippen LogP contribution is -2.13. The van der Waals surface area contributed by atoms with Crippen molar-refractivity contribution in [2.45, 2.75) is 0 Å². The van der Waals surface area contributed by atoms with Crippen molar-refractivity contribution in [3.05, 3.63) is 91.3 Å². The minimum absolute atomic E-state index is 0.0267. The van der Waals surface area contributed by atoms with Crippen molar-refractivity contribution in [2.24, 2.45) is 0 Å². The fraction of sp³-hybridized carbons (Fsp3) is 0. The first-order chi connectivity index (χ1) is 13.4. The molecular weight excluding hydrogens is 382 g/mol. The van der Waals surface area contributed by atoms with E-state index in [0.29, 0.717) is 5.56 Å². The van der Waals surface area contributed by atoms with Gasteiger partial charge >= 0.3 is 0 Å². The van der Waals surface area contributed by atoms with Crippen LogP contribution in [0.25, 0.3) is 33.6 Å². The number of nitrogens with one attached hydrogen (secondary N) is 1. The summed E-state index contributed by atoms with van der Waals surface area (Å²) >= 11 is 5.93. The number of benzene rings is 3. The van der Waals surface area contributed by atoms with Crippen LogP contribution in [0.3, 0.4) is 0 Å². The molecule has 0 aliphatic carbocycles. The fourth-order valence-corrected chi connectivity index (χ4v) is 3.26. The number of H-pyrrole nitrogens is 1. The average molecular weight is 394 g/mol. The zero-order valence-corrected chi connectivity index (χ0v) is 15.0. The van der Waals surface area contributed by atoms with Gasteiger partial charge in [-0.1, -0.05) is 54.1 Å². The molecule has 4 rings (SSSR count). The maximum atomic E-state index is 12.4. The third kappa shape index (κ3) is 3.08. The minimum atomic E-state index is -0.662. The Morgan fingerprint density at radius 2 is 1.93 bits per heavy atom. The molecule has 1 aromatic heterocycles. The third-order valence-corrected chi connectivity index (χ3v) is 4.53. The first-order valence-electron chi connectivity index (χ1n) is 8.21. The summed E-state index contributed by atoms with van der Waals surface area (Å²) in [6, 6.07) is 15.5. The SMILES string of the molecule is O=c1[nH]c2c([N+](=O)[O-])cc(Cl)cc2nc1/C=C(\O)c1cccc2ccccc12. The predicted octanol–water partition coefficient (Wildman–Crippen LogP) is 4.69. The van der Waals surface area contributed by atoms with Crippen LogP contribution in [0.2, 0.25) is 5.02 Å². The van der Waals surface area contributed by atoms with E-state index in [-0.39, 0.29) is 33.2 Å². The molecule has 4 aromatic rings. The van der Waals surface area contributed by atoms with Gasteiger partial charge in [-0.05, 0) is 16.8 Å². The van der Waals surface area contributed by atoms with Crippen LogP contribution in [0.5, 0.6) is 0 Å². The summed E-state index contributed by atoms with van der Waals surface area (Å²) < 4.78 is 0. The number of aromatic nitrogens is 2. The van der Waals surface area contributed by atoms with E-state index in [0.717, 1.165) is 16.8 Å². The van der Waals surface area contributed by atoms with E-state index in [4.69, 9.17) is 11.6 Å². The van der Waals surface area contributed by atoms with Crippen LogP contribution in [0.1, 0.15) is 11.3 Å². The highest BCUT2D eigenvalue weighted by molar-refractivity contribution is 6.31. The number of fused-ring (bicyclic) bond motifs is 2. The molecule has 0 aliphatic rings. The van der Waals surface area contributed by atoms with Crippen LogP contribution in [-0.4, -0.2) is 20.0 Å². The molecule has 0 radical (unpaired) electrons. The Bertz CT molecular complexity index is 1340. The number of nitro benzene ring substituents is 1. The molecular formula is C20H12ClN3O4. The molecule has 1 heterocycles. The van der Waals surface area contributed by atoms with Crippen LogP contribution in [-0.2, 0) is 0 Å². The Kier molecular flexibility index (Phi) is 4.29. The molecule has 0 aliphatic heterocycles. The van der Waals surface area contributed by atoms with Crippen molar-refractivity contribution < 1.29 is 10.0 Å². The van der Waals surface area contributed by atoms with Crippen LogP contribution < -0.4 is 5.56 Å². The Balaban J connectivity index is 1.90. The Morgan fingerprint density at radius 1 is 1.18 bits per heavy atom. The second kappa shape index (κ2) is 6.79. The summed E-state index contributed by atoms with van der Waals surface area (Å²) in [5.41, 5.74) is -0.437. The monoisotopic (exact) mass is 393 g/mol. The van der Waals surface area contributed by atoms with E-state index in [2.05, 4.69) is 9.97 Å². The summed E-state index contributed by atoms with van der Waals surface area (Å²) in [7, 11) is 0. The summed E-state index contributed by atoms with van der Waals surface area (Å²) in [5, 5.41) is 23.7. The molecule has 28 heavy (non-hydrogen) atoms. The molecule has 2 N–H and O–H groups in total. The fourth-order valence-electron chi connectivity index (χ4n) is 3.05. The van der Waals surface area contributed by atoms with E-state index < -0.39 is 10.5 Å². The number of nitrogens with zero attached hydrogens (tertiary/aromatic N) is 2. The molecule has 0 bridgehead atoms. The van der Waals surface area contributed by atoms with Crippen molar-refractivity contribution >= 4 is 50.9 Å². The molecule has 0 fully saturated rings. The van der Waals surface area contributed by atoms with Gasteiger partial charge in [0.25, 0.3) is 11.2 Å². The highest BCUT2D eigenvalue weighted by Crippen LogP contribution is 2.28. The van der Waals surface area contributed by atoms with Crippen molar-refractivity contribution in [1.82, 2.24) is 9.97 Å². The van der Waals surface area contributed by atoms with Crippen LogP contribution in [0, 0.1) is 10.1 Å². The van der Waals surface area contributed by atoms with Gasteiger partial charge in [-0.25, -0.2) is 4.98 Å². The number of rotatable bonds is 3. The number of aromatic amines is 1. The van der Waals surface area contributed by atoms with Crippen LogP contribution in [0.4, 0.5) is 5.69 Å². The number of hydrogen-bond donors (Lipinski definition) is 2. The van der Waals surface area contributed by atoms with E-state index in [1.165, 1.54) is 12.1 Å². The lowest BCUT2D eigenvalue weighted by atomic mass is 10.0. The summed E-state index contributed by atoms with van der Waals surface area (Å²) in [5.74, 6) is -0.148. The van der Waals surface area contributed by atoms with E-state index in [1.54, 1.807) is 12.1 Å². The summed E-state index contributed by atoms with van der Waals surface area (Å²) in [6.45, 7) is 0. The maximum Gasteiger partial charge on any atom is 0.296 e. The highest BCUT2D eigenvalue weighted by atomic mass is 35.5. The second-order valence-corrected chi connectivity index (χ2v) is 6.52. The van der Waals surface area contributed by atoms with E-state index in [1.807, 2.05) is 30.3 Å². The molecule has 0 amide bonds. The third-order valence-electron chi connectivity index (χ3n) is 4.31. The first kappa shape index (κ1) is 17.7. The quantitative estimate of drug-likeness (QED) is 0.298. The number of hydrogen-bond acceptors (Lipinski definition) is 5. The Morgan fingerprint density at radius 3 is 2.71 bits per heavy atom. The van der Waals surface area contributed by atoms with Crippen LogP contribution in [0.15, 0.2) is 59.4 Å². The molecule has 0 saturated heterocycles. The predicted molar refractivity (Wildman–Crippen MR) is 108 cm³/mol. The van der Waals surface area contributed by atoms with Gasteiger partial charge in [0.15, 0.2) is 0 Å². The van der Waals surface area contributed by atoms with E-state index >= 15 is 0 Å². The Labute approximate surface area is 162 Å². The lowest BCUT2D eigenvalue weighted by molar-refractivity contribution is -0.383. The van der Waals surface area contributed by atoms with Crippen molar-refractivity contribution in [3.63, 3.8) is 0 Å². The lowest BCUT2D eigenvalue weighted by Gasteiger charge is -2.06. The van der Waals surface area contributed by atoms with Gasteiger partial charge in [0.05, 0.1) is 10.4 Å². The zero-order valence-electron chi connectivity index (χ0n) is 14.2. The molecule has 8 heteroatoms. The van der Waals surface area contributed by atoms with Gasteiger partial charge in [0, 0.05) is 22.7 Å². The number of aliphatic hydroxyl groups excluding tert-OH is 1. The summed E-state index contributed by atoms with van der Waals surface area (Å²) in [4.78, 5) is 29.6. The van der Waals surface area contributed by atoms with Crippen LogP contribution >= 0.6 is 11.6 Å². The summed E-state index contributed by atoms with van der Waals surface area (Å²) in [6.07, 6.45) is 1.23. The molecule has 7 nitrogen and oxygen atoms in total. The van der Waals surface area contributed by atoms with Crippen molar-refractivity contribution in [2.75, 3.05) is 0 Å². The van der Waals surface area contributed by atoms with Gasteiger partial charge in [-0.15, -0.1) is 0 Å². The molecule has 0 unspecified atom stereocenters. The second-order valence-electron chi connectivity index (χ2n) is 6.08. The first-order valence-corrected chi connectivity index (χ1v) is 8.58. The number of non-ortho nitro benzene ring substituents is 1. The van der Waals surface area contributed by atoms with Crippen molar-refractivity contribution in [1.29, 1.82) is 0 Å². The van der Waals surface area contributed by atoms with Gasteiger partial charge in [-0.2, -0.15) is 0 Å². The van der Waals surface area contributed by atoms with Gasteiger partial charge in [-0.3, -0.25) is 14.9 Å². The van der Waals surface area contributed by atoms with Gasteiger partial charge in [0.2, 0.25) is 0 Å². The number of halogens is 1. The number of nitro groups is 1. The zero-order chi connectivity index (χ0) is 19.8. The van der Waals surface area contributed by atoms with Gasteiger partial charge in [0.1, 0.15) is 17.0 Å². The molecule has 0 atom stereocenters. The van der Waals surface area contributed by atoms with Gasteiger partial charge < -0.3 is 10.1 Å². The molecule has 138 valence electrons.